The van der Waals surface area contributed by atoms with Crippen LogP contribution >= 0.6 is 11.8 Å². The molecule has 4 rings (SSSR count). The van der Waals surface area contributed by atoms with Gasteiger partial charge >= 0.3 is 0 Å². The van der Waals surface area contributed by atoms with Crippen molar-refractivity contribution < 1.29 is 4.79 Å². The van der Waals surface area contributed by atoms with Gasteiger partial charge in [-0.2, -0.15) is 0 Å². The van der Waals surface area contributed by atoms with Gasteiger partial charge in [0.25, 0.3) is 5.56 Å². The third kappa shape index (κ3) is 4.01. The maximum atomic E-state index is 13.4. The molecule has 156 valence electrons. The van der Waals surface area contributed by atoms with E-state index in [0.29, 0.717) is 16.1 Å². The highest BCUT2D eigenvalue weighted by Crippen LogP contribution is 2.25. The zero-order valence-corrected chi connectivity index (χ0v) is 18.3. The van der Waals surface area contributed by atoms with Gasteiger partial charge in [0.1, 0.15) is 0 Å². The van der Waals surface area contributed by atoms with E-state index in [4.69, 9.17) is 4.98 Å². The zero-order chi connectivity index (χ0) is 21.1. The van der Waals surface area contributed by atoms with Crippen molar-refractivity contribution in [3.63, 3.8) is 0 Å². The highest BCUT2D eigenvalue weighted by atomic mass is 32.2. The second-order valence-electron chi connectivity index (χ2n) is 7.75. The molecule has 0 aliphatic carbocycles. The molecule has 0 radical (unpaired) electrons. The predicted molar refractivity (Wildman–Crippen MR) is 122 cm³/mol. The maximum absolute atomic E-state index is 13.4. The van der Waals surface area contributed by atoms with Crippen molar-refractivity contribution >= 4 is 28.6 Å². The van der Waals surface area contributed by atoms with Gasteiger partial charge in [0.15, 0.2) is 5.16 Å². The summed E-state index contributed by atoms with van der Waals surface area (Å²) in [6, 6.07) is 15.6. The van der Waals surface area contributed by atoms with Gasteiger partial charge < -0.3 is 4.90 Å². The number of aromatic nitrogens is 2. The molecule has 1 fully saturated rings. The van der Waals surface area contributed by atoms with Gasteiger partial charge in [-0.25, -0.2) is 4.98 Å². The van der Waals surface area contributed by atoms with Gasteiger partial charge in [-0.1, -0.05) is 49.0 Å². The molecule has 0 bridgehead atoms. The average Bonchev–Trinajstić information content (AvgIpc) is 2.78. The Bertz CT molecular complexity index is 1120. The smallest absolute Gasteiger partial charge is 0.266 e. The summed E-state index contributed by atoms with van der Waals surface area (Å²) < 4.78 is 1.68. The number of amides is 1. The number of hydrogen-bond donors (Lipinski definition) is 0. The Morgan fingerprint density at radius 2 is 1.90 bits per heavy atom. The molecule has 0 N–H and O–H groups in total. The van der Waals surface area contributed by atoms with Crippen molar-refractivity contribution in [2.45, 2.75) is 50.7 Å². The molecule has 30 heavy (non-hydrogen) atoms. The highest BCUT2D eigenvalue weighted by Gasteiger charge is 2.24. The minimum Gasteiger partial charge on any atom is -0.339 e. The number of nitrogens with zero attached hydrogens (tertiary/aromatic N) is 3. The van der Waals surface area contributed by atoms with E-state index >= 15 is 0 Å². The van der Waals surface area contributed by atoms with Gasteiger partial charge in [0.2, 0.25) is 5.91 Å². The second kappa shape index (κ2) is 9.04. The first kappa shape index (κ1) is 20.7. The summed E-state index contributed by atoms with van der Waals surface area (Å²) in [5.74, 6) is 0.397. The summed E-state index contributed by atoms with van der Waals surface area (Å²) >= 11 is 1.35. The van der Waals surface area contributed by atoms with Crippen LogP contribution in [-0.4, -0.2) is 38.7 Å². The molecular weight excluding hydrogens is 394 g/mol. The fourth-order valence-corrected chi connectivity index (χ4v) is 5.02. The number of para-hydroxylation sites is 2. The van der Waals surface area contributed by atoms with E-state index in [-0.39, 0.29) is 23.3 Å². The fraction of sp³-hybridized carbons (Fsp3) is 0.375. The predicted octanol–water partition coefficient (Wildman–Crippen LogP) is 4.44. The number of carbonyl (C=O) groups is 1. The average molecular weight is 422 g/mol. The number of rotatable bonds is 5. The van der Waals surface area contributed by atoms with Crippen molar-refractivity contribution in [3.05, 3.63) is 64.4 Å². The molecular formula is C24H27N3O2S. The Morgan fingerprint density at radius 1 is 1.13 bits per heavy atom. The number of likely N-dealkylation sites (tertiary alicyclic amines) is 1. The molecule has 0 spiro atoms. The first-order chi connectivity index (χ1) is 14.6. The summed E-state index contributed by atoms with van der Waals surface area (Å²) in [6.45, 7) is 5.01. The Hall–Kier alpha value is -2.60. The first-order valence-corrected chi connectivity index (χ1v) is 11.6. The number of aryl methyl sites for hydroxylation is 1. The number of hydrogen-bond acceptors (Lipinski definition) is 4. The number of fused-ring (bicyclic) bond motifs is 1. The number of thioether (sulfide) groups is 1. The third-order valence-electron chi connectivity index (χ3n) is 5.81. The SMILES string of the molecule is CCc1ccccc1-n1c(SCC(=O)N2CCCCC2C)nc2ccccc2c1=O. The van der Waals surface area contributed by atoms with Crippen LogP contribution in [0, 0.1) is 0 Å². The molecule has 1 atom stereocenters. The Kier molecular flexibility index (Phi) is 6.23. The molecule has 1 aliphatic rings. The van der Waals surface area contributed by atoms with Crippen LogP contribution in [0.1, 0.15) is 38.7 Å². The van der Waals surface area contributed by atoms with Gasteiger partial charge in [-0.15, -0.1) is 0 Å². The van der Waals surface area contributed by atoms with E-state index in [1.165, 1.54) is 18.2 Å². The second-order valence-corrected chi connectivity index (χ2v) is 8.70. The largest absolute Gasteiger partial charge is 0.339 e. The van der Waals surface area contributed by atoms with E-state index in [1.54, 1.807) is 4.57 Å². The summed E-state index contributed by atoms with van der Waals surface area (Å²) in [4.78, 5) is 33.1. The van der Waals surface area contributed by atoms with Crippen LogP contribution in [0.15, 0.2) is 58.5 Å². The van der Waals surface area contributed by atoms with E-state index in [9.17, 15) is 9.59 Å². The minimum atomic E-state index is -0.0946. The molecule has 2 heterocycles. The topological polar surface area (TPSA) is 55.2 Å². The molecule has 2 aromatic carbocycles. The molecule has 6 heteroatoms. The molecule has 1 unspecified atom stereocenters. The number of carbonyl (C=O) groups excluding carboxylic acids is 1. The van der Waals surface area contributed by atoms with Crippen LogP contribution in [0.2, 0.25) is 0 Å². The van der Waals surface area contributed by atoms with Crippen LogP contribution in [0.3, 0.4) is 0 Å². The fourth-order valence-electron chi connectivity index (χ4n) is 4.13. The van der Waals surface area contributed by atoms with Gasteiger partial charge in [0.05, 0.1) is 22.3 Å². The summed E-state index contributed by atoms with van der Waals surface area (Å²) in [7, 11) is 0. The quantitative estimate of drug-likeness (QED) is 0.451. The van der Waals surface area contributed by atoms with Crippen molar-refractivity contribution in [2.75, 3.05) is 12.3 Å². The number of piperidine rings is 1. The zero-order valence-electron chi connectivity index (χ0n) is 17.5. The van der Waals surface area contributed by atoms with Crippen molar-refractivity contribution in [2.24, 2.45) is 0 Å². The molecule has 5 nitrogen and oxygen atoms in total. The van der Waals surface area contributed by atoms with Crippen LogP contribution in [-0.2, 0) is 11.2 Å². The van der Waals surface area contributed by atoms with Gasteiger partial charge in [-0.3, -0.25) is 14.2 Å². The molecule has 1 amide bonds. The number of benzene rings is 2. The lowest BCUT2D eigenvalue weighted by molar-refractivity contribution is -0.131. The molecule has 1 aromatic heterocycles. The van der Waals surface area contributed by atoms with E-state index in [2.05, 4.69) is 13.8 Å². The Morgan fingerprint density at radius 3 is 2.70 bits per heavy atom. The van der Waals surface area contributed by atoms with Crippen LogP contribution in [0.5, 0.6) is 0 Å². The standard InChI is InChI=1S/C24H27N3O2S/c1-3-18-11-4-7-14-21(18)27-23(29)19-12-5-6-13-20(19)25-24(27)30-16-22(28)26-15-9-8-10-17(26)2/h4-7,11-14,17H,3,8-10,15-16H2,1-2H3. The van der Waals surface area contributed by atoms with Crippen LogP contribution < -0.4 is 5.56 Å². The van der Waals surface area contributed by atoms with Gasteiger partial charge in [-0.05, 0) is 56.4 Å². The molecule has 3 aromatic rings. The molecule has 0 saturated carbocycles. The van der Waals surface area contributed by atoms with Crippen molar-refractivity contribution in [1.29, 1.82) is 0 Å². The first-order valence-electron chi connectivity index (χ1n) is 10.6. The lowest BCUT2D eigenvalue weighted by Crippen LogP contribution is -2.43. The Balaban J connectivity index is 1.75. The van der Waals surface area contributed by atoms with Crippen molar-refractivity contribution in [3.8, 4) is 5.69 Å². The van der Waals surface area contributed by atoms with E-state index in [1.807, 2.05) is 53.4 Å². The van der Waals surface area contributed by atoms with Crippen LogP contribution in [0.4, 0.5) is 0 Å². The van der Waals surface area contributed by atoms with Gasteiger partial charge in [0, 0.05) is 12.6 Å². The Labute approximate surface area is 181 Å². The lowest BCUT2D eigenvalue weighted by Gasteiger charge is -2.33. The van der Waals surface area contributed by atoms with Crippen LogP contribution in [0.25, 0.3) is 16.6 Å². The highest BCUT2D eigenvalue weighted by molar-refractivity contribution is 7.99. The van der Waals surface area contributed by atoms with Crippen molar-refractivity contribution in [1.82, 2.24) is 14.5 Å². The normalized spacial score (nSPS) is 16.7. The summed E-state index contributed by atoms with van der Waals surface area (Å²) in [5, 5.41) is 1.15. The van der Waals surface area contributed by atoms with E-state index in [0.717, 1.165) is 37.1 Å². The lowest BCUT2D eigenvalue weighted by atomic mass is 10.0. The molecule has 1 aliphatic heterocycles. The molecule has 1 saturated heterocycles. The minimum absolute atomic E-state index is 0.0946. The third-order valence-corrected chi connectivity index (χ3v) is 6.73. The summed E-state index contributed by atoms with van der Waals surface area (Å²) in [6.07, 6.45) is 4.10. The maximum Gasteiger partial charge on any atom is 0.266 e. The van der Waals surface area contributed by atoms with E-state index < -0.39 is 0 Å². The summed E-state index contributed by atoms with van der Waals surface area (Å²) in [5.41, 5.74) is 2.48. The monoisotopic (exact) mass is 421 g/mol.